The lowest BCUT2D eigenvalue weighted by Crippen LogP contribution is -2.33. The zero-order valence-electron chi connectivity index (χ0n) is 17.7. The van der Waals surface area contributed by atoms with E-state index in [-0.39, 0.29) is 0 Å². The van der Waals surface area contributed by atoms with Crippen molar-refractivity contribution < 1.29 is 0 Å². The predicted molar refractivity (Wildman–Crippen MR) is 123 cm³/mol. The van der Waals surface area contributed by atoms with Gasteiger partial charge in [0.25, 0.3) is 0 Å². The smallest absolute Gasteiger partial charge is 0.177 e. The maximum atomic E-state index is 4.71. The number of H-pyrrole nitrogens is 1. The van der Waals surface area contributed by atoms with Gasteiger partial charge < -0.3 is 10.3 Å². The van der Waals surface area contributed by atoms with E-state index in [2.05, 4.69) is 81.7 Å². The second-order valence-electron chi connectivity index (χ2n) is 8.88. The molecule has 2 fully saturated rings. The maximum absolute atomic E-state index is 4.71. The minimum absolute atomic E-state index is 0.293. The fourth-order valence-corrected chi connectivity index (χ4v) is 5.21. The van der Waals surface area contributed by atoms with E-state index in [4.69, 9.17) is 4.98 Å². The number of aromatic amines is 1. The standard InChI is InChI=1S/C26H27N5/c1-17(25-29-23-12-7-13-27-26(23)30-25)31-15-21-22(16-31)24(21)28-14-19-10-5-6-11-20(19)18-8-3-2-4-9-18/h2-13,17,21-22,24,28H,14-16H2,1H3,(H,27,29,30)/t17?,21-,22+,24?. The van der Waals surface area contributed by atoms with Crippen molar-refractivity contribution in [1.29, 1.82) is 0 Å². The molecule has 0 spiro atoms. The Morgan fingerprint density at radius 3 is 2.58 bits per heavy atom. The van der Waals surface area contributed by atoms with Crippen molar-refractivity contribution >= 4 is 11.2 Å². The van der Waals surface area contributed by atoms with Crippen molar-refractivity contribution in [3.63, 3.8) is 0 Å². The number of pyridine rings is 1. The first kappa shape index (κ1) is 18.7. The van der Waals surface area contributed by atoms with Crippen molar-refractivity contribution in [2.45, 2.75) is 25.6 Å². The molecule has 3 heterocycles. The monoisotopic (exact) mass is 409 g/mol. The number of aromatic nitrogens is 3. The van der Waals surface area contributed by atoms with Crippen LogP contribution in [0.2, 0.25) is 0 Å². The SMILES string of the molecule is CC(c1nc2ncccc2[nH]1)N1C[C@@H]2C(NCc3ccccc3-c3ccccc3)[C@@H]2C1. The summed E-state index contributed by atoms with van der Waals surface area (Å²) >= 11 is 0. The van der Waals surface area contributed by atoms with Gasteiger partial charge in [-0.3, -0.25) is 4.90 Å². The van der Waals surface area contributed by atoms with Crippen molar-refractivity contribution in [3.05, 3.63) is 84.3 Å². The normalized spacial score (nSPS) is 23.7. The molecular formula is C26H27N5. The minimum Gasteiger partial charge on any atom is -0.339 e. The van der Waals surface area contributed by atoms with Crippen molar-refractivity contribution in [2.24, 2.45) is 11.8 Å². The Morgan fingerprint density at radius 1 is 1.00 bits per heavy atom. The van der Waals surface area contributed by atoms with Crippen LogP contribution in [0, 0.1) is 11.8 Å². The third-order valence-corrected chi connectivity index (χ3v) is 7.07. The molecule has 2 aromatic heterocycles. The summed E-state index contributed by atoms with van der Waals surface area (Å²) in [5, 5.41) is 3.85. The molecule has 0 bridgehead atoms. The van der Waals surface area contributed by atoms with E-state index >= 15 is 0 Å². The highest BCUT2D eigenvalue weighted by Gasteiger charge is 2.56. The summed E-state index contributed by atoms with van der Waals surface area (Å²) in [7, 11) is 0. The summed E-state index contributed by atoms with van der Waals surface area (Å²) < 4.78 is 0. The Morgan fingerprint density at radius 2 is 1.77 bits per heavy atom. The van der Waals surface area contributed by atoms with E-state index < -0.39 is 0 Å². The Kier molecular flexibility index (Phi) is 4.59. The predicted octanol–water partition coefficient (Wildman–Crippen LogP) is 4.41. The van der Waals surface area contributed by atoms with Crippen LogP contribution >= 0.6 is 0 Å². The summed E-state index contributed by atoms with van der Waals surface area (Å²) in [6.45, 7) is 5.44. The summed E-state index contributed by atoms with van der Waals surface area (Å²) in [6, 6.07) is 24.3. The highest BCUT2D eigenvalue weighted by atomic mass is 15.3. The zero-order valence-corrected chi connectivity index (χ0v) is 17.7. The van der Waals surface area contributed by atoms with Gasteiger partial charge >= 0.3 is 0 Å². The highest BCUT2D eigenvalue weighted by Crippen LogP contribution is 2.47. The van der Waals surface area contributed by atoms with Gasteiger partial charge in [0.1, 0.15) is 5.82 Å². The molecule has 5 heteroatoms. The van der Waals surface area contributed by atoms with Crippen LogP contribution in [0.4, 0.5) is 0 Å². The average Bonchev–Trinajstić information content (AvgIpc) is 3.16. The average molecular weight is 410 g/mol. The van der Waals surface area contributed by atoms with E-state index in [1.807, 2.05) is 12.1 Å². The van der Waals surface area contributed by atoms with Gasteiger partial charge in [0.2, 0.25) is 0 Å². The molecule has 0 radical (unpaired) electrons. The minimum atomic E-state index is 0.293. The molecule has 156 valence electrons. The maximum Gasteiger partial charge on any atom is 0.177 e. The number of hydrogen-bond acceptors (Lipinski definition) is 4. The van der Waals surface area contributed by atoms with E-state index in [0.717, 1.165) is 48.5 Å². The Hall–Kier alpha value is -3.02. The number of rotatable bonds is 6. The molecule has 6 rings (SSSR count). The van der Waals surface area contributed by atoms with Gasteiger partial charge in [-0.2, -0.15) is 0 Å². The van der Waals surface area contributed by atoms with Crippen LogP contribution in [0.15, 0.2) is 72.9 Å². The Labute approximate surface area is 182 Å². The van der Waals surface area contributed by atoms with Gasteiger partial charge in [-0.15, -0.1) is 0 Å². The summed E-state index contributed by atoms with van der Waals surface area (Å²) in [4.78, 5) is 15.1. The summed E-state index contributed by atoms with van der Waals surface area (Å²) in [5.41, 5.74) is 5.82. The van der Waals surface area contributed by atoms with Crippen LogP contribution in [-0.2, 0) is 6.54 Å². The van der Waals surface area contributed by atoms with Crippen LogP contribution < -0.4 is 5.32 Å². The van der Waals surface area contributed by atoms with E-state index in [9.17, 15) is 0 Å². The number of fused-ring (bicyclic) bond motifs is 2. The zero-order chi connectivity index (χ0) is 20.8. The first-order valence-electron chi connectivity index (χ1n) is 11.2. The first-order valence-corrected chi connectivity index (χ1v) is 11.2. The fourth-order valence-electron chi connectivity index (χ4n) is 5.21. The van der Waals surface area contributed by atoms with Crippen molar-refractivity contribution in [2.75, 3.05) is 13.1 Å². The molecule has 5 nitrogen and oxygen atoms in total. The van der Waals surface area contributed by atoms with Crippen LogP contribution in [0.5, 0.6) is 0 Å². The lowest BCUT2D eigenvalue weighted by molar-refractivity contribution is 0.219. The number of likely N-dealkylation sites (tertiary alicyclic amines) is 1. The Balaban J connectivity index is 1.08. The molecule has 4 aromatic rings. The molecule has 2 unspecified atom stereocenters. The summed E-state index contributed by atoms with van der Waals surface area (Å²) in [6.07, 6.45) is 1.80. The first-order chi connectivity index (χ1) is 15.3. The molecule has 1 saturated carbocycles. The van der Waals surface area contributed by atoms with Crippen LogP contribution in [0.25, 0.3) is 22.3 Å². The molecule has 0 amide bonds. The van der Waals surface area contributed by atoms with E-state index in [0.29, 0.717) is 12.1 Å². The number of benzene rings is 2. The van der Waals surface area contributed by atoms with Crippen LogP contribution in [0.3, 0.4) is 0 Å². The highest BCUT2D eigenvalue weighted by molar-refractivity contribution is 5.70. The molecular weight excluding hydrogens is 382 g/mol. The van der Waals surface area contributed by atoms with E-state index in [1.54, 1.807) is 6.20 Å². The number of piperidine rings is 1. The number of hydrogen-bond donors (Lipinski definition) is 2. The molecule has 2 aliphatic rings. The molecule has 31 heavy (non-hydrogen) atoms. The summed E-state index contributed by atoms with van der Waals surface area (Å²) in [5.74, 6) is 2.51. The van der Waals surface area contributed by atoms with Crippen LogP contribution in [0.1, 0.15) is 24.4 Å². The lowest BCUT2D eigenvalue weighted by Gasteiger charge is -2.25. The van der Waals surface area contributed by atoms with Gasteiger partial charge in [-0.1, -0.05) is 54.6 Å². The van der Waals surface area contributed by atoms with Crippen molar-refractivity contribution in [3.8, 4) is 11.1 Å². The molecule has 2 N–H and O–H groups in total. The van der Waals surface area contributed by atoms with Crippen LogP contribution in [-0.4, -0.2) is 39.0 Å². The second-order valence-corrected chi connectivity index (χ2v) is 8.88. The third-order valence-electron chi connectivity index (χ3n) is 7.07. The van der Waals surface area contributed by atoms with Gasteiger partial charge in [-0.05, 0) is 47.6 Å². The third kappa shape index (κ3) is 3.44. The molecule has 1 saturated heterocycles. The molecule has 4 atom stereocenters. The largest absolute Gasteiger partial charge is 0.339 e. The lowest BCUT2D eigenvalue weighted by atomic mass is 10.00. The number of nitrogens with zero attached hydrogens (tertiary/aromatic N) is 3. The van der Waals surface area contributed by atoms with E-state index in [1.165, 1.54) is 16.7 Å². The molecule has 1 aliphatic heterocycles. The second kappa shape index (κ2) is 7.59. The van der Waals surface area contributed by atoms with Crippen molar-refractivity contribution in [1.82, 2.24) is 25.2 Å². The number of imidazole rings is 1. The molecule has 2 aromatic carbocycles. The topological polar surface area (TPSA) is 56.8 Å². The van der Waals surface area contributed by atoms with Gasteiger partial charge in [-0.25, -0.2) is 9.97 Å². The molecule has 1 aliphatic carbocycles. The Bertz CT molecular complexity index is 1160. The van der Waals surface area contributed by atoms with Gasteiger partial charge in [0.15, 0.2) is 5.65 Å². The quantitative estimate of drug-likeness (QED) is 0.495. The fraction of sp³-hybridized carbons (Fsp3) is 0.308. The number of nitrogens with one attached hydrogen (secondary N) is 2. The van der Waals surface area contributed by atoms with Gasteiger partial charge in [0.05, 0.1) is 11.6 Å². The van der Waals surface area contributed by atoms with Gasteiger partial charge in [0, 0.05) is 31.9 Å².